The Labute approximate surface area is 156 Å². The normalized spacial score (nSPS) is 13.8. The minimum atomic E-state index is -0.647. The molecule has 0 aromatic carbocycles. The topological polar surface area (TPSA) is 103 Å². The quantitative estimate of drug-likeness (QED) is 0.782. The molecule has 0 saturated heterocycles. The highest BCUT2D eigenvalue weighted by Gasteiger charge is 2.15. The number of ether oxygens (including phenoxy) is 1. The molecule has 134 valence electrons. The Morgan fingerprint density at radius 1 is 1.38 bits per heavy atom. The van der Waals surface area contributed by atoms with Crippen LogP contribution in [-0.4, -0.2) is 34.1 Å². The van der Waals surface area contributed by atoms with Crippen molar-refractivity contribution in [3.8, 4) is 0 Å². The van der Waals surface area contributed by atoms with E-state index in [1.54, 1.807) is 0 Å². The summed E-state index contributed by atoms with van der Waals surface area (Å²) in [5, 5.41) is 3.11. The van der Waals surface area contributed by atoms with Crippen molar-refractivity contribution in [1.29, 1.82) is 0 Å². The molecule has 1 aliphatic heterocycles. The summed E-state index contributed by atoms with van der Waals surface area (Å²) in [6.07, 6.45) is 4.08. The predicted octanol–water partition coefficient (Wildman–Crippen LogP) is 3.20. The Balaban J connectivity index is 2.04. The number of nitrogens with one attached hydrogen (secondary N) is 1. The van der Waals surface area contributed by atoms with Gasteiger partial charge in [-0.05, 0) is 48.2 Å². The van der Waals surface area contributed by atoms with E-state index in [1.807, 2.05) is 25.1 Å². The van der Waals surface area contributed by atoms with Crippen molar-refractivity contribution < 1.29 is 9.53 Å². The largest absolute Gasteiger partial charge is 0.377 e. The lowest BCUT2D eigenvalue weighted by Crippen LogP contribution is -2.15. The fourth-order valence-electron chi connectivity index (χ4n) is 2.52. The van der Waals surface area contributed by atoms with E-state index in [2.05, 4.69) is 26.8 Å². The molecule has 0 unspecified atom stereocenters. The van der Waals surface area contributed by atoms with Gasteiger partial charge in [-0.1, -0.05) is 12.7 Å². The first kappa shape index (κ1) is 18.0. The van der Waals surface area contributed by atoms with Crippen molar-refractivity contribution in [3.05, 3.63) is 53.2 Å². The first-order valence-corrected chi connectivity index (χ1v) is 8.36. The fourth-order valence-corrected chi connectivity index (χ4v) is 2.65. The molecule has 3 heterocycles. The SMILES string of the molecule is C=C(C)c1cc(Nc2nc(Cl)ncc2C(N)=O)cc(C2=CCOCC2)n1. The highest BCUT2D eigenvalue weighted by molar-refractivity contribution is 6.28. The second-order valence-corrected chi connectivity index (χ2v) is 6.19. The zero-order chi connectivity index (χ0) is 18.7. The number of carbonyl (C=O) groups is 1. The number of halogens is 1. The van der Waals surface area contributed by atoms with E-state index >= 15 is 0 Å². The van der Waals surface area contributed by atoms with Crippen molar-refractivity contribution in [1.82, 2.24) is 15.0 Å². The van der Waals surface area contributed by atoms with Crippen LogP contribution in [0, 0.1) is 0 Å². The number of aromatic nitrogens is 3. The number of carbonyl (C=O) groups excluding carboxylic acids is 1. The Kier molecular flexibility index (Phi) is 5.29. The predicted molar refractivity (Wildman–Crippen MR) is 101 cm³/mol. The van der Waals surface area contributed by atoms with Crippen LogP contribution in [0.25, 0.3) is 11.1 Å². The average molecular weight is 372 g/mol. The molecule has 1 amide bonds. The summed E-state index contributed by atoms with van der Waals surface area (Å²) in [5.41, 5.74) is 9.70. The molecule has 26 heavy (non-hydrogen) atoms. The molecular formula is C18H18ClN5O2. The first-order valence-electron chi connectivity index (χ1n) is 7.98. The number of allylic oxidation sites excluding steroid dienone is 1. The van der Waals surface area contributed by atoms with Crippen LogP contribution in [0.3, 0.4) is 0 Å². The summed E-state index contributed by atoms with van der Waals surface area (Å²) in [7, 11) is 0. The molecule has 0 bridgehead atoms. The maximum absolute atomic E-state index is 11.6. The standard InChI is InChI=1S/C18H18ClN5O2/c1-10(2)14-7-12(8-15(23-14)11-3-5-26-6-4-11)22-17-13(16(20)25)9-21-18(19)24-17/h3,7-9H,1,4-6H2,2H3,(H2,20,25)(H,21,22,23,24). The van der Waals surface area contributed by atoms with Gasteiger partial charge in [-0.15, -0.1) is 0 Å². The van der Waals surface area contributed by atoms with E-state index in [4.69, 9.17) is 22.1 Å². The zero-order valence-electron chi connectivity index (χ0n) is 14.3. The van der Waals surface area contributed by atoms with Gasteiger partial charge in [0.1, 0.15) is 11.4 Å². The van der Waals surface area contributed by atoms with Gasteiger partial charge in [-0.25, -0.2) is 9.97 Å². The van der Waals surface area contributed by atoms with Gasteiger partial charge in [0.05, 0.1) is 24.6 Å². The van der Waals surface area contributed by atoms with Crippen molar-refractivity contribution >= 4 is 40.2 Å². The Hall–Kier alpha value is -2.77. The van der Waals surface area contributed by atoms with E-state index in [9.17, 15) is 4.79 Å². The molecule has 3 rings (SSSR count). The summed E-state index contributed by atoms with van der Waals surface area (Å²) >= 11 is 5.86. The molecule has 0 aliphatic carbocycles. The molecule has 1 aliphatic rings. The van der Waals surface area contributed by atoms with Crippen LogP contribution in [0.15, 0.2) is 31.0 Å². The maximum Gasteiger partial charge on any atom is 0.254 e. The fraction of sp³-hybridized carbons (Fsp3) is 0.222. The lowest BCUT2D eigenvalue weighted by atomic mass is 10.0. The first-order chi connectivity index (χ1) is 12.4. The Morgan fingerprint density at radius 2 is 2.19 bits per heavy atom. The van der Waals surface area contributed by atoms with Crippen molar-refractivity contribution in [2.75, 3.05) is 18.5 Å². The van der Waals surface area contributed by atoms with Gasteiger partial charge in [0, 0.05) is 11.9 Å². The van der Waals surface area contributed by atoms with Crippen molar-refractivity contribution in [3.63, 3.8) is 0 Å². The highest BCUT2D eigenvalue weighted by Crippen LogP contribution is 2.27. The lowest BCUT2D eigenvalue weighted by Gasteiger charge is -2.16. The number of hydrogen-bond donors (Lipinski definition) is 2. The zero-order valence-corrected chi connectivity index (χ0v) is 15.0. The van der Waals surface area contributed by atoms with E-state index in [0.29, 0.717) is 18.9 Å². The smallest absolute Gasteiger partial charge is 0.254 e. The summed E-state index contributed by atoms with van der Waals surface area (Å²) in [6.45, 7) is 7.06. The number of primary amides is 1. The van der Waals surface area contributed by atoms with Gasteiger partial charge in [0.25, 0.3) is 5.91 Å². The molecule has 0 saturated carbocycles. The third kappa shape index (κ3) is 4.07. The third-order valence-electron chi connectivity index (χ3n) is 3.84. The second kappa shape index (κ2) is 7.63. The second-order valence-electron chi connectivity index (χ2n) is 5.85. The van der Waals surface area contributed by atoms with Crippen LogP contribution >= 0.6 is 11.6 Å². The highest BCUT2D eigenvalue weighted by atomic mass is 35.5. The molecule has 0 fully saturated rings. The molecule has 2 aromatic rings. The monoisotopic (exact) mass is 371 g/mol. The number of hydrogen-bond acceptors (Lipinski definition) is 6. The van der Waals surface area contributed by atoms with Crippen LogP contribution in [-0.2, 0) is 4.74 Å². The molecule has 7 nitrogen and oxygen atoms in total. The molecule has 0 atom stereocenters. The van der Waals surface area contributed by atoms with E-state index < -0.39 is 5.91 Å². The van der Waals surface area contributed by atoms with Gasteiger partial charge < -0.3 is 15.8 Å². The lowest BCUT2D eigenvalue weighted by molar-refractivity contribution is 0.100. The van der Waals surface area contributed by atoms with Gasteiger partial charge in [-0.2, -0.15) is 4.98 Å². The summed E-state index contributed by atoms with van der Waals surface area (Å²) < 4.78 is 5.36. The minimum Gasteiger partial charge on any atom is -0.377 e. The molecule has 3 N–H and O–H groups in total. The summed E-state index contributed by atoms with van der Waals surface area (Å²) in [5.74, 6) is -0.408. The molecule has 8 heteroatoms. The minimum absolute atomic E-state index is 0.0130. The Morgan fingerprint density at radius 3 is 2.85 bits per heavy atom. The van der Waals surface area contributed by atoms with Gasteiger partial charge in [-0.3, -0.25) is 4.79 Å². The number of pyridine rings is 1. The average Bonchev–Trinajstić information content (AvgIpc) is 2.62. The third-order valence-corrected chi connectivity index (χ3v) is 4.02. The van der Waals surface area contributed by atoms with Crippen molar-refractivity contribution in [2.24, 2.45) is 5.73 Å². The molecule has 2 aromatic heterocycles. The van der Waals surface area contributed by atoms with Gasteiger partial charge >= 0.3 is 0 Å². The number of nitrogens with zero attached hydrogens (tertiary/aromatic N) is 3. The molecule has 0 radical (unpaired) electrons. The number of amides is 1. The summed E-state index contributed by atoms with van der Waals surface area (Å²) in [6, 6.07) is 3.71. The van der Waals surface area contributed by atoms with Gasteiger partial charge in [0.15, 0.2) is 0 Å². The molecule has 0 spiro atoms. The maximum atomic E-state index is 11.6. The number of nitrogens with two attached hydrogens (primary N) is 1. The van der Waals surface area contributed by atoms with Gasteiger partial charge in [0.2, 0.25) is 5.28 Å². The Bertz CT molecular complexity index is 910. The van der Waals surface area contributed by atoms with E-state index in [1.165, 1.54) is 6.20 Å². The van der Waals surface area contributed by atoms with Crippen LogP contribution in [0.2, 0.25) is 5.28 Å². The number of anilines is 2. The number of rotatable bonds is 5. The van der Waals surface area contributed by atoms with E-state index in [-0.39, 0.29) is 16.7 Å². The van der Waals surface area contributed by atoms with Crippen molar-refractivity contribution in [2.45, 2.75) is 13.3 Å². The van der Waals surface area contributed by atoms with Crippen LogP contribution in [0.4, 0.5) is 11.5 Å². The van der Waals surface area contributed by atoms with Crippen LogP contribution < -0.4 is 11.1 Å². The summed E-state index contributed by atoms with van der Waals surface area (Å²) in [4.78, 5) is 24.2. The van der Waals surface area contributed by atoms with Crippen LogP contribution in [0.5, 0.6) is 0 Å². The molecular weight excluding hydrogens is 354 g/mol. The van der Waals surface area contributed by atoms with E-state index in [0.717, 1.165) is 29.0 Å². The van der Waals surface area contributed by atoms with Crippen LogP contribution in [0.1, 0.15) is 35.1 Å².